The summed E-state index contributed by atoms with van der Waals surface area (Å²) >= 11 is 0. The second kappa shape index (κ2) is 4.29. The number of nitrogens with zero attached hydrogens (tertiary/aromatic N) is 4. The van der Waals surface area contributed by atoms with Crippen molar-refractivity contribution in [3.8, 4) is 0 Å². The van der Waals surface area contributed by atoms with E-state index in [1.54, 1.807) is 6.20 Å². The van der Waals surface area contributed by atoms with Crippen LogP contribution in [-0.4, -0.2) is 53.4 Å². The van der Waals surface area contributed by atoms with Crippen molar-refractivity contribution in [3.05, 3.63) is 17.5 Å². The fraction of sp³-hybridized carbons (Fsp3) is 0.583. The molecule has 6 heteroatoms. The van der Waals surface area contributed by atoms with Crippen LogP contribution >= 0.6 is 0 Å². The predicted octanol–water partition coefficient (Wildman–Crippen LogP) is -0.358. The monoisotopic (exact) mass is 247 g/mol. The second-order valence-corrected chi connectivity index (χ2v) is 5.12. The maximum Gasteiger partial charge on any atom is 0.225 e. The maximum absolute atomic E-state index is 11.8. The number of fused-ring (bicyclic) bond motifs is 1. The number of hydrogen-bond donors (Lipinski definition) is 1. The molecule has 0 aromatic carbocycles. The van der Waals surface area contributed by atoms with E-state index in [0.29, 0.717) is 24.6 Å². The van der Waals surface area contributed by atoms with Crippen molar-refractivity contribution in [2.75, 3.05) is 31.6 Å². The van der Waals surface area contributed by atoms with Crippen molar-refractivity contribution < 1.29 is 4.79 Å². The summed E-state index contributed by atoms with van der Waals surface area (Å²) < 4.78 is 0. The minimum atomic E-state index is 0.100. The number of rotatable bonds is 1. The molecule has 0 spiro atoms. The average Bonchev–Trinajstić information content (AvgIpc) is 2.75. The molecule has 1 unspecified atom stereocenters. The number of nitrogens with two attached hydrogens (primary N) is 1. The molecule has 0 amide bonds. The van der Waals surface area contributed by atoms with Crippen molar-refractivity contribution >= 4 is 11.7 Å². The lowest BCUT2D eigenvalue weighted by molar-refractivity contribution is 0.0920. The van der Waals surface area contributed by atoms with E-state index < -0.39 is 0 Å². The lowest BCUT2D eigenvalue weighted by atomic mass is 10.1. The van der Waals surface area contributed by atoms with Crippen LogP contribution in [0.4, 0.5) is 5.95 Å². The van der Waals surface area contributed by atoms with E-state index in [9.17, 15) is 4.79 Å². The third-order valence-corrected chi connectivity index (χ3v) is 3.50. The van der Waals surface area contributed by atoms with Gasteiger partial charge in [-0.2, -0.15) is 0 Å². The van der Waals surface area contributed by atoms with Gasteiger partial charge in [0.05, 0.1) is 17.8 Å². The highest BCUT2D eigenvalue weighted by atomic mass is 16.1. The van der Waals surface area contributed by atoms with Gasteiger partial charge in [-0.25, -0.2) is 9.97 Å². The molecule has 1 aromatic heterocycles. The van der Waals surface area contributed by atoms with Crippen LogP contribution in [-0.2, 0) is 6.54 Å². The molecule has 2 aliphatic heterocycles. The Morgan fingerprint density at radius 1 is 1.44 bits per heavy atom. The van der Waals surface area contributed by atoms with Crippen molar-refractivity contribution in [3.63, 3.8) is 0 Å². The summed E-state index contributed by atoms with van der Waals surface area (Å²) in [5.74, 6) is 0.799. The van der Waals surface area contributed by atoms with Gasteiger partial charge in [-0.15, -0.1) is 0 Å². The molecule has 0 aliphatic carbocycles. The summed E-state index contributed by atoms with van der Waals surface area (Å²) in [5.41, 5.74) is 7.38. The largest absolute Gasteiger partial charge is 0.339 e. The summed E-state index contributed by atoms with van der Waals surface area (Å²) in [5, 5.41) is 0. The molecule has 1 saturated heterocycles. The smallest absolute Gasteiger partial charge is 0.225 e. The second-order valence-electron chi connectivity index (χ2n) is 5.12. The third kappa shape index (κ3) is 1.97. The standard InChI is InChI=1S/C12H17N5O/c1-16-6-10-9(11(18)7-16)4-14-12(15-10)17-3-2-8(13)5-17/h4,8H,2-3,5-7,13H2,1H3. The Morgan fingerprint density at radius 3 is 3.00 bits per heavy atom. The van der Waals surface area contributed by atoms with Crippen LogP contribution in [0.15, 0.2) is 6.20 Å². The van der Waals surface area contributed by atoms with Crippen molar-refractivity contribution in [1.29, 1.82) is 0 Å². The normalized spacial score (nSPS) is 24.4. The van der Waals surface area contributed by atoms with Crippen LogP contribution in [0.3, 0.4) is 0 Å². The first-order valence-corrected chi connectivity index (χ1v) is 6.21. The quantitative estimate of drug-likeness (QED) is 0.730. The molecule has 0 bridgehead atoms. The van der Waals surface area contributed by atoms with Gasteiger partial charge in [0.2, 0.25) is 5.95 Å². The van der Waals surface area contributed by atoms with Gasteiger partial charge in [0, 0.05) is 31.9 Å². The highest BCUT2D eigenvalue weighted by Crippen LogP contribution is 2.20. The molecule has 1 aromatic rings. The van der Waals surface area contributed by atoms with Crippen molar-refractivity contribution in [2.24, 2.45) is 5.73 Å². The lowest BCUT2D eigenvalue weighted by Gasteiger charge is -2.24. The number of Topliss-reactive ketones (excluding diaryl/α,β-unsaturated/α-hetero) is 1. The number of aromatic nitrogens is 2. The van der Waals surface area contributed by atoms with E-state index in [4.69, 9.17) is 5.73 Å². The van der Waals surface area contributed by atoms with Gasteiger partial charge < -0.3 is 10.6 Å². The Kier molecular flexibility index (Phi) is 2.76. The van der Waals surface area contributed by atoms with Crippen LogP contribution in [0.2, 0.25) is 0 Å². The number of anilines is 1. The molecule has 2 N–H and O–H groups in total. The lowest BCUT2D eigenvalue weighted by Crippen LogP contribution is -2.34. The van der Waals surface area contributed by atoms with Gasteiger partial charge in [0.25, 0.3) is 0 Å². The van der Waals surface area contributed by atoms with Crippen LogP contribution in [0.5, 0.6) is 0 Å². The van der Waals surface area contributed by atoms with Crippen LogP contribution in [0.1, 0.15) is 22.5 Å². The van der Waals surface area contributed by atoms with E-state index in [2.05, 4.69) is 14.9 Å². The molecule has 0 saturated carbocycles. The highest BCUT2D eigenvalue weighted by Gasteiger charge is 2.26. The summed E-state index contributed by atoms with van der Waals surface area (Å²) in [6.45, 7) is 2.84. The minimum absolute atomic E-state index is 0.100. The Morgan fingerprint density at radius 2 is 2.28 bits per heavy atom. The number of likely N-dealkylation sites (N-methyl/N-ethyl adjacent to an activating group) is 1. The van der Waals surface area contributed by atoms with E-state index in [-0.39, 0.29) is 11.8 Å². The average molecular weight is 247 g/mol. The third-order valence-electron chi connectivity index (χ3n) is 3.50. The Labute approximate surface area is 106 Å². The molecule has 2 aliphatic rings. The first-order chi connectivity index (χ1) is 8.63. The molecule has 1 atom stereocenters. The Bertz CT molecular complexity index is 489. The van der Waals surface area contributed by atoms with Gasteiger partial charge >= 0.3 is 0 Å². The van der Waals surface area contributed by atoms with Gasteiger partial charge in [-0.3, -0.25) is 9.69 Å². The van der Waals surface area contributed by atoms with Crippen molar-refractivity contribution in [1.82, 2.24) is 14.9 Å². The summed E-state index contributed by atoms with van der Waals surface area (Å²) in [7, 11) is 1.92. The number of ketones is 1. The fourth-order valence-corrected chi connectivity index (χ4v) is 2.52. The van der Waals surface area contributed by atoms with Crippen LogP contribution in [0, 0.1) is 0 Å². The molecular formula is C12H17N5O. The number of hydrogen-bond acceptors (Lipinski definition) is 6. The SMILES string of the molecule is CN1CC(=O)c2cnc(N3CCC(N)C3)nc2C1. The Hall–Kier alpha value is -1.53. The van der Waals surface area contributed by atoms with E-state index in [1.165, 1.54) is 0 Å². The first kappa shape index (κ1) is 11.6. The molecular weight excluding hydrogens is 230 g/mol. The fourth-order valence-electron chi connectivity index (χ4n) is 2.52. The molecule has 96 valence electrons. The number of carbonyl (C=O) groups is 1. The molecule has 18 heavy (non-hydrogen) atoms. The maximum atomic E-state index is 11.8. The zero-order chi connectivity index (χ0) is 12.7. The molecule has 6 nitrogen and oxygen atoms in total. The first-order valence-electron chi connectivity index (χ1n) is 6.21. The predicted molar refractivity (Wildman–Crippen MR) is 67.5 cm³/mol. The van der Waals surface area contributed by atoms with Crippen LogP contribution < -0.4 is 10.6 Å². The summed E-state index contributed by atoms with van der Waals surface area (Å²) in [6.07, 6.45) is 2.64. The summed E-state index contributed by atoms with van der Waals surface area (Å²) in [4.78, 5) is 24.7. The van der Waals surface area contributed by atoms with Gasteiger partial charge in [-0.1, -0.05) is 0 Å². The zero-order valence-electron chi connectivity index (χ0n) is 10.5. The molecule has 3 heterocycles. The van der Waals surface area contributed by atoms with Gasteiger partial charge in [-0.05, 0) is 13.5 Å². The topological polar surface area (TPSA) is 75.4 Å². The Balaban J connectivity index is 1.91. The zero-order valence-corrected chi connectivity index (χ0v) is 10.5. The highest BCUT2D eigenvalue weighted by molar-refractivity contribution is 5.99. The van der Waals surface area contributed by atoms with Crippen LogP contribution in [0.25, 0.3) is 0 Å². The van der Waals surface area contributed by atoms with Crippen molar-refractivity contribution in [2.45, 2.75) is 19.0 Å². The van der Waals surface area contributed by atoms with Gasteiger partial charge in [0.1, 0.15) is 0 Å². The van der Waals surface area contributed by atoms with Gasteiger partial charge in [0.15, 0.2) is 5.78 Å². The molecule has 3 rings (SSSR count). The minimum Gasteiger partial charge on any atom is -0.339 e. The summed E-state index contributed by atoms with van der Waals surface area (Å²) in [6, 6.07) is 0.203. The van der Waals surface area contributed by atoms with E-state index in [1.807, 2.05) is 11.9 Å². The van der Waals surface area contributed by atoms with E-state index in [0.717, 1.165) is 25.2 Å². The molecule has 0 radical (unpaired) electrons. The molecule has 1 fully saturated rings. The van der Waals surface area contributed by atoms with E-state index >= 15 is 0 Å². The number of carbonyl (C=O) groups excluding carboxylic acids is 1.